The fourth-order valence-corrected chi connectivity index (χ4v) is 2.71. The van der Waals surface area contributed by atoms with Crippen LogP contribution in [0.3, 0.4) is 0 Å². The van der Waals surface area contributed by atoms with Crippen LogP contribution >= 0.6 is 0 Å². The molecule has 0 unspecified atom stereocenters. The number of halogens is 1. The molecule has 0 saturated carbocycles. The Morgan fingerprint density at radius 3 is 3.04 bits per heavy atom. The molecule has 5 nitrogen and oxygen atoms in total. The SMILES string of the molecule is C#CCNC(=O)c1ccc(N2CCO[C@@H](c3cccc(F)c3)C2)nc1. The van der Waals surface area contributed by atoms with E-state index >= 15 is 0 Å². The largest absolute Gasteiger partial charge is 0.370 e. The van der Waals surface area contributed by atoms with Gasteiger partial charge in [-0.25, -0.2) is 9.37 Å². The van der Waals surface area contributed by atoms with Crippen molar-refractivity contribution in [2.45, 2.75) is 6.10 Å². The van der Waals surface area contributed by atoms with Gasteiger partial charge in [-0.1, -0.05) is 18.1 Å². The second-order valence-electron chi connectivity index (χ2n) is 5.65. The zero-order chi connectivity index (χ0) is 17.6. The van der Waals surface area contributed by atoms with Crippen LogP contribution in [0.4, 0.5) is 10.2 Å². The van der Waals surface area contributed by atoms with Crippen molar-refractivity contribution in [3.05, 3.63) is 59.5 Å². The summed E-state index contributed by atoms with van der Waals surface area (Å²) in [5.41, 5.74) is 1.25. The number of amides is 1. The van der Waals surface area contributed by atoms with E-state index in [1.165, 1.54) is 18.3 Å². The molecule has 128 valence electrons. The Bertz CT molecular complexity index is 786. The lowest BCUT2D eigenvalue weighted by molar-refractivity contribution is 0.0393. The van der Waals surface area contributed by atoms with Crippen molar-refractivity contribution >= 4 is 11.7 Å². The maximum atomic E-state index is 13.4. The zero-order valence-corrected chi connectivity index (χ0v) is 13.6. The van der Waals surface area contributed by atoms with Crippen molar-refractivity contribution in [3.63, 3.8) is 0 Å². The number of hydrogen-bond donors (Lipinski definition) is 1. The van der Waals surface area contributed by atoms with Gasteiger partial charge in [0.05, 0.1) is 18.7 Å². The number of carbonyl (C=O) groups excluding carboxylic acids is 1. The van der Waals surface area contributed by atoms with Crippen LogP contribution in [0.25, 0.3) is 0 Å². The van der Waals surface area contributed by atoms with Crippen molar-refractivity contribution in [2.24, 2.45) is 0 Å². The molecule has 25 heavy (non-hydrogen) atoms. The third-order valence-corrected chi connectivity index (χ3v) is 3.97. The molecule has 1 aromatic carbocycles. The third-order valence-electron chi connectivity index (χ3n) is 3.97. The van der Waals surface area contributed by atoms with Crippen LogP contribution in [0.15, 0.2) is 42.6 Å². The average molecular weight is 339 g/mol. The van der Waals surface area contributed by atoms with Crippen molar-refractivity contribution < 1.29 is 13.9 Å². The Hall–Kier alpha value is -2.91. The van der Waals surface area contributed by atoms with Crippen LogP contribution in [0.2, 0.25) is 0 Å². The van der Waals surface area contributed by atoms with Crippen LogP contribution < -0.4 is 10.2 Å². The second kappa shape index (κ2) is 7.77. The summed E-state index contributed by atoms with van der Waals surface area (Å²) in [7, 11) is 0. The molecule has 3 rings (SSSR count). The molecular formula is C19H18FN3O2. The molecule has 0 bridgehead atoms. The van der Waals surface area contributed by atoms with E-state index in [4.69, 9.17) is 11.2 Å². The van der Waals surface area contributed by atoms with Gasteiger partial charge in [-0.2, -0.15) is 0 Å². The summed E-state index contributed by atoms with van der Waals surface area (Å²) in [5, 5.41) is 2.60. The van der Waals surface area contributed by atoms with Crippen molar-refractivity contribution in [2.75, 3.05) is 31.1 Å². The van der Waals surface area contributed by atoms with E-state index in [1.807, 2.05) is 6.07 Å². The fraction of sp³-hybridized carbons (Fsp3) is 0.263. The molecule has 1 aliphatic rings. The first-order valence-electron chi connectivity index (χ1n) is 7.97. The van der Waals surface area contributed by atoms with Crippen LogP contribution in [0.5, 0.6) is 0 Å². The van der Waals surface area contributed by atoms with Crippen molar-refractivity contribution in [1.82, 2.24) is 10.3 Å². The summed E-state index contributed by atoms with van der Waals surface area (Å²) < 4.78 is 19.2. The molecule has 1 aromatic heterocycles. The third kappa shape index (κ3) is 4.14. The van der Waals surface area contributed by atoms with Crippen LogP contribution in [-0.4, -0.2) is 37.1 Å². The lowest BCUT2D eigenvalue weighted by Crippen LogP contribution is -2.39. The number of nitrogens with zero attached hydrogens (tertiary/aromatic N) is 2. The minimum absolute atomic E-state index is 0.180. The van der Waals surface area contributed by atoms with E-state index in [1.54, 1.807) is 18.2 Å². The summed E-state index contributed by atoms with van der Waals surface area (Å²) in [4.78, 5) is 18.3. The normalized spacial score (nSPS) is 17.0. The Morgan fingerprint density at radius 1 is 1.44 bits per heavy atom. The summed E-state index contributed by atoms with van der Waals surface area (Å²) in [5.74, 6) is 2.57. The predicted octanol–water partition coefficient (Wildman–Crippen LogP) is 2.16. The minimum atomic E-state index is -0.279. The molecule has 0 radical (unpaired) electrons. The molecule has 1 N–H and O–H groups in total. The molecule has 1 fully saturated rings. The van der Waals surface area contributed by atoms with E-state index in [9.17, 15) is 9.18 Å². The highest BCUT2D eigenvalue weighted by atomic mass is 19.1. The van der Waals surface area contributed by atoms with Gasteiger partial charge in [0.1, 0.15) is 17.7 Å². The van der Waals surface area contributed by atoms with Gasteiger partial charge in [-0.05, 0) is 29.8 Å². The number of morpholine rings is 1. The molecular weight excluding hydrogens is 321 g/mol. The number of carbonyl (C=O) groups is 1. The van der Waals surface area contributed by atoms with Gasteiger partial charge >= 0.3 is 0 Å². The van der Waals surface area contributed by atoms with Gasteiger partial charge in [0.25, 0.3) is 5.91 Å². The standard InChI is InChI=1S/C19H18FN3O2/c1-2-8-21-19(24)15-6-7-18(22-12-15)23-9-10-25-17(13-23)14-4-3-5-16(20)11-14/h1,3-7,11-12,17H,8-10,13H2,(H,21,24)/t17-/m1/s1. The minimum Gasteiger partial charge on any atom is -0.370 e. The number of terminal acetylenes is 1. The fourth-order valence-electron chi connectivity index (χ4n) is 2.71. The Kier molecular flexibility index (Phi) is 5.26. The van der Waals surface area contributed by atoms with Gasteiger partial charge in [0.2, 0.25) is 0 Å². The van der Waals surface area contributed by atoms with Crippen LogP contribution in [0.1, 0.15) is 22.0 Å². The quantitative estimate of drug-likeness (QED) is 0.868. The first-order chi connectivity index (χ1) is 12.2. The summed E-state index contributed by atoms with van der Waals surface area (Å²) in [6.07, 6.45) is 6.43. The lowest BCUT2D eigenvalue weighted by atomic mass is 10.1. The van der Waals surface area contributed by atoms with Gasteiger partial charge in [-0.15, -0.1) is 6.42 Å². The highest BCUT2D eigenvalue weighted by molar-refractivity contribution is 5.94. The van der Waals surface area contributed by atoms with Crippen molar-refractivity contribution in [3.8, 4) is 12.3 Å². The highest BCUT2D eigenvalue weighted by Gasteiger charge is 2.23. The number of rotatable bonds is 4. The maximum Gasteiger partial charge on any atom is 0.253 e. The number of aromatic nitrogens is 1. The molecule has 2 heterocycles. The molecule has 2 aromatic rings. The Morgan fingerprint density at radius 2 is 2.32 bits per heavy atom. The smallest absolute Gasteiger partial charge is 0.253 e. The molecule has 1 saturated heterocycles. The Balaban J connectivity index is 1.69. The van der Waals surface area contributed by atoms with Gasteiger partial charge in [0, 0.05) is 19.3 Å². The Labute approximate surface area is 145 Å². The van der Waals surface area contributed by atoms with E-state index in [-0.39, 0.29) is 24.4 Å². The van der Waals surface area contributed by atoms with Gasteiger partial charge < -0.3 is 15.0 Å². The number of pyridine rings is 1. The van der Waals surface area contributed by atoms with Gasteiger partial charge in [-0.3, -0.25) is 4.79 Å². The zero-order valence-electron chi connectivity index (χ0n) is 13.6. The predicted molar refractivity (Wildman–Crippen MR) is 92.7 cm³/mol. The summed E-state index contributed by atoms with van der Waals surface area (Å²) in [6.45, 7) is 1.95. The van der Waals surface area contributed by atoms with Gasteiger partial charge in [0.15, 0.2) is 0 Å². The first-order valence-corrected chi connectivity index (χ1v) is 7.97. The number of nitrogens with one attached hydrogen (secondary N) is 1. The number of ether oxygens (including phenoxy) is 1. The molecule has 6 heteroatoms. The van der Waals surface area contributed by atoms with E-state index in [0.717, 1.165) is 11.4 Å². The topological polar surface area (TPSA) is 54.5 Å². The molecule has 1 atom stereocenters. The molecule has 1 aliphatic heterocycles. The summed E-state index contributed by atoms with van der Waals surface area (Å²) in [6, 6.07) is 9.92. The average Bonchev–Trinajstić information content (AvgIpc) is 2.66. The molecule has 0 aliphatic carbocycles. The summed E-state index contributed by atoms with van der Waals surface area (Å²) >= 11 is 0. The second-order valence-corrected chi connectivity index (χ2v) is 5.65. The maximum absolute atomic E-state index is 13.4. The molecule has 1 amide bonds. The van der Waals surface area contributed by atoms with Crippen molar-refractivity contribution in [1.29, 1.82) is 0 Å². The van der Waals surface area contributed by atoms with Crippen LogP contribution in [0, 0.1) is 18.2 Å². The van der Waals surface area contributed by atoms with E-state index < -0.39 is 0 Å². The number of hydrogen-bond acceptors (Lipinski definition) is 4. The molecule has 0 spiro atoms. The lowest BCUT2D eigenvalue weighted by Gasteiger charge is -2.34. The van der Waals surface area contributed by atoms with E-state index in [0.29, 0.717) is 25.3 Å². The highest BCUT2D eigenvalue weighted by Crippen LogP contribution is 2.25. The monoisotopic (exact) mass is 339 g/mol. The number of anilines is 1. The van der Waals surface area contributed by atoms with E-state index in [2.05, 4.69) is 21.1 Å². The number of benzene rings is 1. The van der Waals surface area contributed by atoms with Crippen LogP contribution in [-0.2, 0) is 4.74 Å². The first kappa shape index (κ1) is 16.9.